The number of benzene rings is 2. The predicted molar refractivity (Wildman–Crippen MR) is 126 cm³/mol. The van der Waals surface area contributed by atoms with Crippen molar-refractivity contribution in [3.8, 4) is 5.69 Å². The maximum atomic E-state index is 13.2. The van der Waals surface area contributed by atoms with Crippen molar-refractivity contribution in [1.29, 1.82) is 0 Å². The number of non-ortho nitro benzene ring substituents is 1. The van der Waals surface area contributed by atoms with Gasteiger partial charge in [0.25, 0.3) is 11.6 Å². The zero-order valence-electron chi connectivity index (χ0n) is 18.0. The lowest BCUT2D eigenvalue weighted by Crippen LogP contribution is -2.29. The monoisotopic (exact) mass is 455 g/mol. The first-order chi connectivity index (χ1) is 14.9. The van der Waals surface area contributed by atoms with Gasteiger partial charge in [0.15, 0.2) is 0 Å². The van der Waals surface area contributed by atoms with E-state index in [1.807, 2.05) is 26.0 Å². The number of carbonyl (C=O) groups excluding carboxylic acids is 1. The molecule has 0 radical (unpaired) electrons. The Balaban J connectivity index is 0.00000289. The number of amides is 1. The molecule has 0 saturated carbocycles. The Hall–Kier alpha value is -3.23. The molecule has 0 spiro atoms. The fourth-order valence-electron chi connectivity index (χ4n) is 4.19. The number of hydrogen-bond acceptors (Lipinski definition) is 5. The lowest BCUT2D eigenvalue weighted by molar-refractivity contribution is -0.384. The number of aryl methyl sites for hydroxylation is 2. The molecule has 1 fully saturated rings. The van der Waals surface area contributed by atoms with Gasteiger partial charge in [0.1, 0.15) is 0 Å². The summed E-state index contributed by atoms with van der Waals surface area (Å²) in [4.78, 5) is 23.8. The first-order valence-corrected chi connectivity index (χ1v) is 10.4. The van der Waals surface area contributed by atoms with Gasteiger partial charge in [-0.3, -0.25) is 14.9 Å². The Morgan fingerprint density at radius 3 is 2.34 bits per heavy atom. The molecule has 1 amide bonds. The van der Waals surface area contributed by atoms with Gasteiger partial charge in [-0.15, -0.1) is 12.4 Å². The highest BCUT2D eigenvalue weighted by Gasteiger charge is 2.27. The quantitative estimate of drug-likeness (QED) is 0.434. The molecule has 0 bridgehead atoms. The molecule has 0 unspecified atom stereocenters. The van der Waals surface area contributed by atoms with Gasteiger partial charge in [0.05, 0.1) is 28.1 Å². The summed E-state index contributed by atoms with van der Waals surface area (Å²) in [6.45, 7) is 5.73. The Labute approximate surface area is 192 Å². The molecule has 0 aliphatic carbocycles. The second-order valence-electron chi connectivity index (χ2n) is 7.98. The molecule has 8 nitrogen and oxygen atoms in total. The molecule has 2 aromatic carbocycles. The third kappa shape index (κ3) is 4.98. The molecule has 2 N–H and O–H groups in total. The number of anilines is 1. The molecule has 1 saturated heterocycles. The summed E-state index contributed by atoms with van der Waals surface area (Å²) in [5.41, 5.74) is 5.01. The van der Waals surface area contributed by atoms with Crippen molar-refractivity contribution in [3.05, 3.63) is 81.2 Å². The van der Waals surface area contributed by atoms with E-state index in [9.17, 15) is 14.9 Å². The van der Waals surface area contributed by atoms with Crippen molar-refractivity contribution in [1.82, 2.24) is 15.1 Å². The molecule has 1 aliphatic rings. The Kier molecular flexibility index (Phi) is 7.27. The normalized spacial score (nSPS) is 13.9. The standard InChI is InChI=1S/C23H25N5O3.ClH/c1-15-11-16(2)13-18(12-15)26-23(29)21-14-25-27(22(21)17-7-9-24-10-8-17)19-3-5-20(6-4-19)28(30)31;/h3-6,11-14,17,24H,7-10H2,1-2H3,(H,26,29);1H. The molecule has 0 atom stereocenters. The molecule has 32 heavy (non-hydrogen) atoms. The molecular formula is C23H26ClN5O3. The molecule has 4 rings (SSSR count). The van der Waals surface area contributed by atoms with E-state index in [-0.39, 0.29) is 29.9 Å². The van der Waals surface area contributed by atoms with Crippen molar-refractivity contribution < 1.29 is 9.72 Å². The van der Waals surface area contributed by atoms with Gasteiger partial charge in [-0.1, -0.05) is 6.07 Å². The lowest BCUT2D eigenvalue weighted by atomic mass is 9.91. The highest BCUT2D eigenvalue weighted by molar-refractivity contribution is 6.05. The first kappa shape index (κ1) is 23.4. The minimum Gasteiger partial charge on any atom is -0.322 e. The summed E-state index contributed by atoms with van der Waals surface area (Å²) in [6, 6.07) is 12.2. The van der Waals surface area contributed by atoms with E-state index in [0.29, 0.717) is 11.3 Å². The molecule has 2 heterocycles. The summed E-state index contributed by atoms with van der Waals surface area (Å²) in [7, 11) is 0. The minimum absolute atomic E-state index is 0. The van der Waals surface area contributed by atoms with Crippen LogP contribution in [0.2, 0.25) is 0 Å². The molecule has 9 heteroatoms. The van der Waals surface area contributed by atoms with Crippen LogP contribution >= 0.6 is 12.4 Å². The van der Waals surface area contributed by atoms with E-state index in [0.717, 1.165) is 48.4 Å². The van der Waals surface area contributed by atoms with E-state index < -0.39 is 4.92 Å². The average molecular weight is 456 g/mol. The van der Waals surface area contributed by atoms with Gasteiger partial charge >= 0.3 is 0 Å². The topological polar surface area (TPSA) is 102 Å². The van der Waals surface area contributed by atoms with Crippen LogP contribution in [-0.2, 0) is 0 Å². The fraction of sp³-hybridized carbons (Fsp3) is 0.304. The molecule has 1 aromatic heterocycles. The molecule has 3 aromatic rings. The smallest absolute Gasteiger partial charge is 0.269 e. The van der Waals surface area contributed by atoms with E-state index in [2.05, 4.69) is 21.8 Å². The van der Waals surface area contributed by atoms with Crippen LogP contribution in [0.5, 0.6) is 0 Å². The van der Waals surface area contributed by atoms with Gasteiger partial charge < -0.3 is 10.6 Å². The SMILES string of the molecule is Cc1cc(C)cc(NC(=O)c2cnn(-c3ccc([N+](=O)[O-])cc3)c2C2CCNCC2)c1.Cl. The maximum Gasteiger partial charge on any atom is 0.269 e. The zero-order valence-corrected chi connectivity index (χ0v) is 18.8. The third-order valence-electron chi connectivity index (χ3n) is 5.56. The highest BCUT2D eigenvalue weighted by Crippen LogP contribution is 2.31. The van der Waals surface area contributed by atoms with Crippen molar-refractivity contribution in [3.63, 3.8) is 0 Å². The number of rotatable bonds is 5. The number of nitrogens with zero attached hydrogens (tertiary/aromatic N) is 3. The Morgan fingerprint density at radius 1 is 1.12 bits per heavy atom. The fourth-order valence-corrected chi connectivity index (χ4v) is 4.19. The van der Waals surface area contributed by atoms with Gasteiger partial charge in [-0.25, -0.2) is 4.68 Å². The van der Waals surface area contributed by atoms with Gasteiger partial charge in [-0.2, -0.15) is 5.10 Å². The van der Waals surface area contributed by atoms with Crippen molar-refractivity contribution in [2.24, 2.45) is 0 Å². The van der Waals surface area contributed by atoms with E-state index in [4.69, 9.17) is 0 Å². The summed E-state index contributed by atoms with van der Waals surface area (Å²) in [6.07, 6.45) is 3.38. The lowest BCUT2D eigenvalue weighted by Gasteiger charge is -2.24. The number of aromatic nitrogens is 2. The Morgan fingerprint density at radius 2 is 1.75 bits per heavy atom. The number of nitro groups is 1. The van der Waals surface area contributed by atoms with Crippen molar-refractivity contribution in [2.45, 2.75) is 32.6 Å². The van der Waals surface area contributed by atoms with Crippen molar-refractivity contribution in [2.75, 3.05) is 18.4 Å². The van der Waals surface area contributed by atoms with Crippen LogP contribution in [0.4, 0.5) is 11.4 Å². The summed E-state index contributed by atoms with van der Waals surface area (Å²) in [5, 5.41) is 21.9. The summed E-state index contributed by atoms with van der Waals surface area (Å²) >= 11 is 0. The number of carbonyl (C=O) groups is 1. The minimum atomic E-state index is -0.427. The van der Waals surface area contributed by atoms with Crippen LogP contribution in [0.1, 0.15) is 45.9 Å². The zero-order chi connectivity index (χ0) is 22.0. The molecule has 168 valence electrons. The number of hydrogen-bond donors (Lipinski definition) is 2. The maximum absolute atomic E-state index is 13.2. The van der Waals surface area contributed by atoms with E-state index in [1.54, 1.807) is 23.0 Å². The predicted octanol–water partition coefficient (Wildman–Crippen LogP) is 4.54. The van der Waals surface area contributed by atoms with E-state index >= 15 is 0 Å². The van der Waals surface area contributed by atoms with Crippen LogP contribution < -0.4 is 10.6 Å². The van der Waals surface area contributed by atoms with Crippen LogP contribution in [0, 0.1) is 24.0 Å². The summed E-state index contributed by atoms with van der Waals surface area (Å²) < 4.78 is 1.75. The van der Waals surface area contributed by atoms with Crippen LogP contribution in [0.25, 0.3) is 5.69 Å². The molecular weight excluding hydrogens is 430 g/mol. The van der Waals surface area contributed by atoms with Gasteiger partial charge in [0, 0.05) is 23.7 Å². The second kappa shape index (κ2) is 9.93. The number of piperidine rings is 1. The number of halogens is 1. The van der Waals surface area contributed by atoms with E-state index in [1.165, 1.54) is 12.1 Å². The van der Waals surface area contributed by atoms with Crippen LogP contribution in [0.3, 0.4) is 0 Å². The van der Waals surface area contributed by atoms with Gasteiger partial charge in [-0.05, 0) is 75.2 Å². The Bertz CT molecular complexity index is 1100. The second-order valence-corrected chi connectivity index (χ2v) is 7.98. The van der Waals surface area contributed by atoms with Crippen LogP contribution in [0.15, 0.2) is 48.7 Å². The molecule has 1 aliphatic heterocycles. The van der Waals surface area contributed by atoms with Crippen molar-refractivity contribution >= 4 is 29.7 Å². The van der Waals surface area contributed by atoms with Gasteiger partial charge in [0.2, 0.25) is 0 Å². The third-order valence-corrected chi connectivity index (χ3v) is 5.56. The number of nitrogens with one attached hydrogen (secondary N) is 2. The summed E-state index contributed by atoms with van der Waals surface area (Å²) in [5.74, 6) is -0.0365. The van der Waals surface area contributed by atoms with Crippen LogP contribution in [-0.4, -0.2) is 33.7 Å². The number of nitro benzene ring substituents is 1. The largest absolute Gasteiger partial charge is 0.322 e. The average Bonchev–Trinajstić information content (AvgIpc) is 3.19. The first-order valence-electron chi connectivity index (χ1n) is 10.4. The highest BCUT2D eigenvalue weighted by atomic mass is 35.5.